The van der Waals surface area contributed by atoms with Crippen molar-refractivity contribution in [3.8, 4) is 5.75 Å². The van der Waals surface area contributed by atoms with Crippen molar-refractivity contribution >= 4 is 11.6 Å². The second-order valence-electron chi connectivity index (χ2n) is 6.26. The molecule has 4 heteroatoms. The molecule has 1 N–H and O–H groups in total. The third kappa shape index (κ3) is 4.29. The first-order chi connectivity index (χ1) is 11.8. The van der Waals surface area contributed by atoms with Crippen molar-refractivity contribution in [3.05, 3.63) is 64.7 Å². The Labute approximate surface area is 149 Å². The quantitative estimate of drug-likeness (QED) is 0.811. The molecule has 0 bridgehead atoms. The third-order valence-corrected chi connectivity index (χ3v) is 5.04. The van der Waals surface area contributed by atoms with Gasteiger partial charge in [-0.1, -0.05) is 41.9 Å². The van der Waals surface area contributed by atoms with Crippen LogP contribution in [0, 0.1) is 0 Å². The summed E-state index contributed by atoms with van der Waals surface area (Å²) in [7, 11) is 1.72. The number of nitrogens with zero attached hydrogens (tertiary/aromatic N) is 1. The van der Waals surface area contributed by atoms with Crippen molar-refractivity contribution in [2.24, 2.45) is 0 Å². The van der Waals surface area contributed by atoms with Crippen LogP contribution in [0.2, 0.25) is 5.02 Å². The Kier molecular flexibility index (Phi) is 6.13. The Hall–Kier alpha value is -1.55. The number of rotatable bonds is 7. The fourth-order valence-electron chi connectivity index (χ4n) is 3.35. The van der Waals surface area contributed by atoms with Crippen LogP contribution in [0.3, 0.4) is 0 Å². The minimum Gasteiger partial charge on any atom is -0.497 e. The minimum absolute atomic E-state index is 0.366. The molecule has 128 valence electrons. The van der Waals surface area contributed by atoms with Gasteiger partial charge >= 0.3 is 0 Å². The molecule has 0 spiro atoms. The molecule has 1 unspecified atom stereocenters. The van der Waals surface area contributed by atoms with E-state index in [9.17, 15) is 0 Å². The average Bonchev–Trinajstić information content (AvgIpc) is 3.14. The first-order valence-corrected chi connectivity index (χ1v) is 8.98. The Morgan fingerprint density at radius 2 is 1.92 bits per heavy atom. The van der Waals surface area contributed by atoms with Gasteiger partial charge < -0.3 is 10.1 Å². The van der Waals surface area contributed by atoms with Gasteiger partial charge in [-0.05, 0) is 55.3 Å². The molecule has 0 radical (unpaired) electrons. The molecule has 0 saturated carbocycles. The minimum atomic E-state index is 0.366. The molecule has 2 aromatic rings. The number of methoxy groups -OCH3 is 1. The van der Waals surface area contributed by atoms with E-state index in [0.29, 0.717) is 6.04 Å². The van der Waals surface area contributed by atoms with E-state index < -0.39 is 0 Å². The molecule has 24 heavy (non-hydrogen) atoms. The van der Waals surface area contributed by atoms with E-state index in [4.69, 9.17) is 16.3 Å². The number of likely N-dealkylation sites (tertiary alicyclic amines) is 1. The Bertz CT molecular complexity index is 656. The molecule has 3 nitrogen and oxygen atoms in total. The zero-order valence-corrected chi connectivity index (χ0v) is 14.9. The standard InChI is InChI=1S/C20H25ClN2O/c1-24-18-9-6-8-16(13-18)20(23-11-4-5-12-23)15-22-14-17-7-2-3-10-19(17)21/h2-3,6-10,13,20,22H,4-5,11-12,14-15H2,1H3. The van der Waals surface area contributed by atoms with E-state index in [0.717, 1.165) is 42.5 Å². The van der Waals surface area contributed by atoms with Crippen LogP contribution in [0.15, 0.2) is 48.5 Å². The summed E-state index contributed by atoms with van der Waals surface area (Å²) >= 11 is 6.26. The monoisotopic (exact) mass is 344 g/mol. The molecule has 3 rings (SSSR count). The van der Waals surface area contributed by atoms with Gasteiger partial charge in [0.1, 0.15) is 5.75 Å². The first kappa shape index (κ1) is 17.3. The van der Waals surface area contributed by atoms with Crippen molar-refractivity contribution in [2.75, 3.05) is 26.7 Å². The SMILES string of the molecule is COc1cccc(C(CNCc2ccccc2Cl)N2CCCC2)c1. The molecule has 0 aliphatic carbocycles. The summed E-state index contributed by atoms with van der Waals surface area (Å²) in [5.74, 6) is 0.919. The third-order valence-electron chi connectivity index (χ3n) is 4.67. The molecule has 1 saturated heterocycles. The second kappa shape index (κ2) is 8.52. The largest absolute Gasteiger partial charge is 0.497 e. The van der Waals surface area contributed by atoms with Crippen LogP contribution in [-0.2, 0) is 6.54 Å². The smallest absolute Gasteiger partial charge is 0.119 e. The van der Waals surface area contributed by atoms with Crippen LogP contribution in [0.25, 0.3) is 0 Å². The highest BCUT2D eigenvalue weighted by atomic mass is 35.5. The highest BCUT2D eigenvalue weighted by Crippen LogP contribution is 2.27. The molecule has 1 aliphatic heterocycles. The van der Waals surface area contributed by atoms with Gasteiger partial charge in [-0.15, -0.1) is 0 Å². The van der Waals surface area contributed by atoms with Crippen LogP contribution in [0.4, 0.5) is 0 Å². The van der Waals surface area contributed by atoms with Gasteiger partial charge in [-0.25, -0.2) is 0 Å². The lowest BCUT2D eigenvalue weighted by Gasteiger charge is -2.28. The summed E-state index contributed by atoms with van der Waals surface area (Å²) in [6.07, 6.45) is 2.57. The molecule has 0 amide bonds. The fourth-order valence-corrected chi connectivity index (χ4v) is 3.55. The summed E-state index contributed by atoms with van der Waals surface area (Å²) in [6.45, 7) is 4.01. The van der Waals surface area contributed by atoms with Crippen LogP contribution >= 0.6 is 11.6 Å². The van der Waals surface area contributed by atoms with Gasteiger partial charge in [-0.3, -0.25) is 4.90 Å². The van der Waals surface area contributed by atoms with Crippen LogP contribution < -0.4 is 10.1 Å². The van der Waals surface area contributed by atoms with Crippen LogP contribution in [-0.4, -0.2) is 31.6 Å². The van der Waals surface area contributed by atoms with Gasteiger partial charge in [0.25, 0.3) is 0 Å². The predicted molar refractivity (Wildman–Crippen MR) is 99.7 cm³/mol. The normalized spacial score (nSPS) is 16.2. The van der Waals surface area contributed by atoms with Crippen molar-refractivity contribution in [1.29, 1.82) is 0 Å². The lowest BCUT2D eigenvalue weighted by Crippen LogP contribution is -2.34. The number of nitrogens with one attached hydrogen (secondary N) is 1. The van der Waals surface area contributed by atoms with Crippen LogP contribution in [0.5, 0.6) is 5.75 Å². The summed E-state index contributed by atoms with van der Waals surface area (Å²) < 4.78 is 5.40. The number of benzene rings is 2. The van der Waals surface area contributed by atoms with E-state index in [1.165, 1.54) is 18.4 Å². The van der Waals surface area contributed by atoms with E-state index >= 15 is 0 Å². The molecule has 1 atom stereocenters. The van der Waals surface area contributed by atoms with Crippen molar-refractivity contribution in [1.82, 2.24) is 10.2 Å². The summed E-state index contributed by atoms with van der Waals surface area (Å²) in [5, 5.41) is 4.41. The maximum Gasteiger partial charge on any atom is 0.119 e. The maximum absolute atomic E-state index is 6.26. The van der Waals surface area contributed by atoms with Gasteiger partial charge in [0, 0.05) is 24.2 Å². The summed E-state index contributed by atoms with van der Waals surface area (Å²) in [4.78, 5) is 2.56. The van der Waals surface area contributed by atoms with Crippen molar-refractivity contribution in [2.45, 2.75) is 25.4 Å². The number of halogens is 1. The Morgan fingerprint density at radius 1 is 1.12 bits per heavy atom. The lowest BCUT2D eigenvalue weighted by molar-refractivity contribution is 0.238. The van der Waals surface area contributed by atoms with Crippen molar-refractivity contribution in [3.63, 3.8) is 0 Å². The van der Waals surface area contributed by atoms with Gasteiger partial charge in [0.15, 0.2) is 0 Å². The fraction of sp³-hybridized carbons (Fsp3) is 0.400. The number of hydrogen-bond donors (Lipinski definition) is 1. The second-order valence-corrected chi connectivity index (χ2v) is 6.66. The average molecular weight is 345 g/mol. The summed E-state index contributed by atoms with van der Waals surface area (Å²) in [5.41, 5.74) is 2.45. The lowest BCUT2D eigenvalue weighted by atomic mass is 10.0. The summed E-state index contributed by atoms with van der Waals surface area (Å²) in [6, 6.07) is 16.8. The maximum atomic E-state index is 6.26. The molecule has 1 aliphatic rings. The zero-order valence-electron chi connectivity index (χ0n) is 14.2. The first-order valence-electron chi connectivity index (χ1n) is 8.60. The predicted octanol–water partition coefficient (Wildman–Crippen LogP) is 4.28. The molecule has 0 aromatic heterocycles. The van der Waals surface area contributed by atoms with E-state index in [1.807, 2.05) is 24.3 Å². The van der Waals surface area contributed by atoms with Gasteiger partial charge in [-0.2, -0.15) is 0 Å². The zero-order chi connectivity index (χ0) is 16.8. The van der Waals surface area contributed by atoms with Crippen LogP contribution in [0.1, 0.15) is 30.0 Å². The van der Waals surface area contributed by atoms with E-state index in [-0.39, 0.29) is 0 Å². The molecular weight excluding hydrogens is 320 g/mol. The molecular formula is C20H25ClN2O. The Balaban J connectivity index is 1.69. The molecule has 1 fully saturated rings. The van der Waals surface area contributed by atoms with Gasteiger partial charge in [0.2, 0.25) is 0 Å². The van der Waals surface area contributed by atoms with E-state index in [1.54, 1.807) is 7.11 Å². The van der Waals surface area contributed by atoms with Gasteiger partial charge in [0.05, 0.1) is 7.11 Å². The van der Waals surface area contributed by atoms with E-state index in [2.05, 4.69) is 34.5 Å². The highest BCUT2D eigenvalue weighted by molar-refractivity contribution is 6.31. The molecule has 2 aromatic carbocycles. The molecule has 1 heterocycles. The highest BCUT2D eigenvalue weighted by Gasteiger charge is 2.23. The number of ether oxygens (including phenoxy) is 1. The Morgan fingerprint density at radius 3 is 2.67 bits per heavy atom. The number of hydrogen-bond acceptors (Lipinski definition) is 3. The van der Waals surface area contributed by atoms with Crippen molar-refractivity contribution < 1.29 is 4.74 Å². The topological polar surface area (TPSA) is 24.5 Å².